The van der Waals surface area contributed by atoms with Crippen molar-refractivity contribution in [3.05, 3.63) is 108 Å². The van der Waals surface area contributed by atoms with Gasteiger partial charge in [0.2, 0.25) is 5.91 Å². The number of ether oxygens (including phenoxy) is 2. The second-order valence-corrected chi connectivity index (χ2v) is 10.3. The molecular weight excluding hydrogens is 569 g/mol. The zero-order valence-electron chi connectivity index (χ0n) is 23.6. The smallest absolute Gasteiger partial charge is 0.255 e. The van der Waals surface area contributed by atoms with Crippen molar-refractivity contribution in [2.24, 2.45) is 0 Å². The van der Waals surface area contributed by atoms with E-state index < -0.39 is 5.82 Å². The average molecular weight is 598 g/mol. The summed E-state index contributed by atoms with van der Waals surface area (Å²) in [6.07, 6.45) is 0. The fraction of sp³-hybridized carbons (Fsp3) is 0.125. The number of nitrogens with one attached hydrogen (secondary N) is 2. The first-order valence-corrected chi connectivity index (χ1v) is 14.2. The minimum atomic E-state index is -0.440. The number of amides is 2. The highest BCUT2D eigenvalue weighted by Gasteiger charge is 2.20. The van der Waals surface area contributed by atoms with E-state index in [0.29, 0.717) is 45.1 Å². The molecule has 0 bridgehead atoms. The van der Waals surface area contributed by atoms with Gasteiger partial charge in [-0.1, -0.05) is 42.1 Å². The molecule has 5 rings (SSSR count). The lowest BCUT2D eigenvalue weighted by Crippen LogP contribution is -2.16. The van der Waals surface area contributed by atoms with Crippen LogP contribution in [0.1, 0.15) is 15.9 Å². The van der Waals surface area contributed by atoms with Crippen molar-refractivity contribution >= 4 is 35.0 Å². The molecule has 2 amide bonds. The Kier molecular flexibility index (Phi) is 9.02. The molecule has 218 valence electrons. The lowest BCUT2D eigenvalue weighted by molar-refractivity contribution is -0.113. The van der Waals surface area contributed by atoms with Gasteiger partial charge in [-0.05, 0) is 67.1 Å². The molecule has 43 heavy (non-hydrogen) atoms. The van der Waals surface area contributed by atoms with E-state index in [-0.39, 0.29) is 23.1 Å². The summed E-state index contributed by atoms with van der Waals surface area (Å²) < 4.78 is 27.2. The standard InChI is InChI=1S/C32H28FN5O4S/c1-20-17-27(28(42-3)18-26(20)35-31(40)21-9-5-4-6-10-21)34-29(39)19-43-32-37-36-30(24-11-7-8-12-25(24)33)38(32)22-13-15-23(41-2)16-14-22/h4-18H,19H2,1-3H3,(H,34,39)(H,35,40). The highest BCUT2D eigenvalue weighted by Crippen LogP contribution is 2.33. The Hall–Kier alpha value is -5.16. The Morgan fingerprint density at radius 3 is 2.28 bits per heavy atom. The highest BCUT2D eigenvalue weighted by molar-refractivity contribution is 7.99. The van der Waals surface area contributed by atoms with E-state index in [4.69, 9.17) is 9.47 Å². The third kappa shape index (κ3) is 6.68. The van der Waals surface area contributed by atoms with Crippen molar-refractivity contribution in [3.8, 4) is 28.6 Å². The number of anilines is 2. The molecule has 9 nitrogen and oxygen atoms in total. The molecule has 0 aliphatic carbocycles. The molecule has 0 saturated carbocycles. The van der Waals surface area contributed by atoms with Crippen molar-refractivity contribution in [2.45, 2.75) is 12.1 Å². The summed E-state index contributed by atoms with van der Waals surface area (Å²) >= 11 is 1.15. The number of aryl methyl sites for hydroxylation is 1. The number of aromatic nitrogens is 3. The van der Waals surface area contributed by atoms with Crippen molar-refractivity contribution in [1.29, 1.82) is 0 Å². The van der Waals surface area contributed by atoms with E-state index in [1.54, 1.807) is 78.4 Å². The van der Waals surface area contributed by atoms with E-state index in [2.05, 4.69) is 20.8 Å². The molecule has 0 unspecified atom stereocenters. The first-order chi connectivity index (χ1) is 20.9. The van der Waals surface area contributed by atoms with Crippen LogP contribution < -0.4 is 20.1 Å². The molecule has 2 N–H and O–H groups in total. The largest absolute Gasteiger partial charge is 0.497 e. The van der Waals surface area contributed by atoms with Gasteiger partial charge in [-0.15, -0.1) is 10.2 Å². The van der Waals surface area contributed by atoms with Crippen LogP contribution in [0.2, 0.25) is 0 Å². The van der Waals surface area contributed by atoms with Crippen LogP contribution >= 0.6 is 11.8 Å². The minimum Gasteiger partial charge on any atom is -0.497 e. The Morgan fingerprint density at radius 2 is 1.58 bits per heavy atom. The monoisotopic (exact) mass is 597 g/mol. The van der Waals surface area contributed by atoms with Gasteiger partial charge in [0.1, 0.15) is 17.3 Å². The SMILES string of the molecule is COc1ccc(-n2c(SCC(=O)Nc3cc(C)c(NC(=O)c4ccccc4)cc3OC)nnc2-c2ccccc2F)cc1. The average Bonchev–Trinajstić information content (AvgIpc) is 3.45. The zero-order valence-corrected chi connectivity index (χ0v) is 24.4. The van der Waals surface area contributed by atoms with Crippen LogP contribution in [0.5, 0.6) is 11.5 Å². The van der Waals surface area contributed by atoms with Crippen molar-refractivity contribution in [3.63, 3.8) is 0 Å². The number of methoxy groups -OCH3 is 2. The maximum atomic E-state index is 14.7. The highest BCUT2D eigenvalue weighted by atomic mass is 32.2. The number of hydrogen-bond donors (Lipinski definition) is 2. The number of benzene rings is 4. The summed E-state index contributed by atoms with van der Waals surface area (Å²) in [5, 5.41) is 14.7. The van der Waals surface area contributed by atoms with Crippen LogP contribution in [-0.4, -0.2) is 46.6 Å². The normalized spacial score (nSPS) is 10.7. The van der Waals surface area contributed by atoms with Crippen molar-refractivity contribution < 1.29 is 23.5 Å². The molecule has 0 saturated heterocycles. The second kappa shape index (κ2) is 13.2. The molecule has 11 heteroatoms. The van der Waals surface area contributed by atoms with Crippen molar-refractivity contribution in [2.75, 3.05) is 30.6 Å². The van der Waals surface area contributed by atoms with E-state index in [1.165, 1.54) is 13.2 Å². The van der Waals surface area contributed by atoms with Crippen LogP contribution in [-0.2, 0) is 4.79 Å². The molecular formula is C32H28FN5O4S. The predicted molar refractivity (Wildman–Crippen MR) is 165 cm³/mol. The number of nitrogens with zero attached hydrogens (tertiary/aromatic N) is 3. The predicted octanol–water partition coefficient (Wildman–Crippen LogP) is 6.38. The number of carbonyl (C=O) groups is 2. The molecule has 5 aromatic rings. The number of hydrogen-bond acceptors (Lipinski definition) is 7. The fourth-order valence-electron chi connectivity index (χ4n) is 4.33. The lowest BCUT2D eigenvalue weighted by Gasteiger charge is -2.15. The van der Waals surface area contributed by atoms with Gasteiger partial charge in [0.15, 0.2) is 11.0 Å². The van der Waals surface area contributed by atoms with E-state index in [0.717, 1.165) is 17.3 Å². The van der Waals surface area contributed by atoms with Crippen LogP contribution in [0.15, 0.2) is 96.2 Å². The van der Waals surface area contributed by atoms with E-state index in [1.807, 2.05) is 25.1 Å². The number of carbonyl (C=O) groups excluding carboxylic acids is 2. The van der Waals surface area contributed by atoms with Crippen LogP contribution in [0.25, 0.3) is 17.1 Å². The number of rotatable bonds is 10. The molecule has 0 fully saturated rings. The summed E-state index contributed by atoms with van der Waals surface area (Å²) in [7, 11) is 3.06. The Bertz CT molecular complexity index is 1760. The second-order valence-electron chi connectivity index (χ2n) is 9.34. The molecule has 0 spiro atoms. The topological polar surface area (TPSA) is 107 Å². The summed E-state index contributed by atoms with van der Waals surface area (Å²) in [4.78, 5) is 25.7. The number of halogens is 1. The third-order valence-corrected chi connectivity index (χ3v) is 7.44. The molecule has 1 heterocycles. The fourth-order valence-corrected chi connectivity index (χ4v) is 5.09. The molecule has 0 atom stereocenters. The molecule has 0 radical (unpaired) electrons. The number of thioether (sulfide) groups is 1. The van der Waals surface area contributed by atoms with Gasteiger partial charge in [0.25, 0.3) is 5.91 Å². The van der Waals surface area contributed by atoms with Gasteiger partial charge in [-0.3, -0.25) is 14.2 Å². The van der Waals surface area contributed by atoms with Crippen LogP contribution in [0, 0.1) is 12.7 Å². The van der Waals surface area contributed by atoms with Gasteiger partial charge < -0.3 is 20.1 Å². The first kappa shape index (κ1) is 29.3. The summed E-state index contributed by atoms with van der Waals surface area (Å²) in [6, 6.07) is 25.8. The summed E-state index contributed by atoms with van der Waals surface area (Å²) in [5.74, 6) is 0.320. The lowest BCUT2D eigenvalue weighted by atomic mass is 10.1. The van der Waals surface area contributed by atoms with Crippen molar-refractivity contribution in [1.82, 2.24) is 14.8 Å². The quantitative estimate of drug-likeness (QED) is 0.180. The van der Waals surface area contributed by atoms with Gasteiger partial charge >= 0.3 is 0 Å². The maximum Gasteiger partial charge on any atom is 0.255 e. The minimum absolute atomic E-state index is 0.0136. The molecule has 0 aliphatic heterocycles. The van der Waals surface area contributed by atoms with Gasteiger partial charge in [0.05, 0.1) is 36.9 Å². The molecule has 4 aromatic carbocycles. The Labute approximate surface area is 252 Å². The molecule has 0 aliphatic rings. The Morgan fingerprint density at radius 1 is 0.860 bits per heavy atom. The van der Waals surface area contributed by atoms with E-state index >= 15 is 0 Å². The van der Waals surface area contributed by atoms with E-state index in [9.17, 15) is 14.0 Å². The summed E-state index contributed by atoms with van der Waals surface area (Å²) in [6.45, 7) is 1.83. The van der Waals surface area contributed by atoms with Gasteiger partial charge in [0, 0.05) is 17.3 Å². The zero-order chi connectivity index (χ0) is 30.3. The van der Waals surface area contributed by atoms with Gasteiger partial charge in [-0.25, -0.2) is 4.39 Å². The maximum absolute atomic E-state index is 14.7. The first-order valence-electron chi connectivity index (χ1n) is 13.2. The Balaban J connectivity index is 1.35. The third-order valence-electron chi connectivity index (χ3n) is 6.52. The molecule has 1 aromatic heterocycles. The van der Waals surface area contributed by atoms with Gasteiger partial charge in [-0.2, -0.15) is 0 Å². The summed E-state index contributed by atoms with van der Waals surface area (Å²) in [5.41, 5.74) is 3.23. The van der Waals surface area contributed by atoms with Crippen LogP contribution in [0.3, 0.4) is 0 Å². The van der Waals surface area contributed by atoms with Crippen LogP contribution in [0.4, 0.5) is 15.8 Å².